The van der Waals surface area contributed by atoms with E-state index in [9.17, 15) is 10.0 Å². The topological polar surface area (TPSA) is 37.3 Å². The highest BCUT2D eigenvalue weighted by molar-refractivity contribution is 5.68. The van der Waals surface area contributed by atoms with Crippen molar-refractivity contribution in [3.05, 3.63) is 0 Å². The molecular weight excluding hydrogens is 286 g/mol. The lowest BCUT2D eigenvalue weighted by Gasteiger charge is -2.24. The van der Waals surface area contributed by atoms with Crippen molar-refractivity contribution in [2.24, 2.45) is 0 Å². The second-order valence-corrected chi connectivity index (χ2v) is 6.94. The van der Waals surface area contributed by atoms with Crippen LogP contribution in [-0.2, 0) is 4.79 Å². The third-order valence-electron chi connectivity index (χ3n) is 5.00. The van der Waals surface area contributed by atoms with Crippen molar-refractivity contribution in [1.82, 2.24) is 0 Å². The van der Waals surface area contributed by atoms with Crippen molar-refractivity contribution in [1.29, 1.82) is 0 Å². The molecule has 0 aromatic carbocycles. The maximum Gasteiger partial charge on any atom is 0.345 e. The van der Waals surface area contributed by atoms with Crippen molar-refractivity contribution in [2.75, 3.05) is 13.1 Å². The Bertz CT molecular complexity index is 275. The maximum atomic E-state index is 12.0. The van der Waals surface area contributed by atoms with Crippen molar-refractivity contribution < 1.29 is 14.6 Å². The van der Waals surface area contributed by atoms with Crippen LogP contribution < -0.4 is 0 Å². The van der Waals surface area contributed by atoms with Gasteiger partial charge in [0.2, 0.25) is 0 Å². The van der Waals surface area contributed by atoms with Gasteiger partial charge in [0, 0.05) is 0 Å². The van der Waals surface area contributed by atoms with E-state index in [1.54, 1.807) is 0 Å². The van der Waals surface area contributed by atoms with E-state index in [-0.39, 0.29) is 5.91 Å². The number of nitrogens with zero attached hydrogens (tertiary/aromatic N) is 1. The number of hydroxylamine groups is 3. The van der Waals surface area contributed by atoms with Gasteiger partial charge in [0.05, 0.1) is 6.42 Å². The Morgan fingerprint density at radius 3 is 1.35 bits per heavy atom. The highest BCUT2D eigenvalue weighted by Gasteiger charge is 2.30. The molecule has 3 heteroatoms. The van der Waals surface area contributed by atoms with E-state index < -0.39 is 4.65 Å². The number of hydrogen-bond donors (Lipinski definition) is 1. The molecule has 0 radical (unpaired) electrons. The van der Waals surface area contributed by atoms with Crippen LogP contribution in [0, 0.1) is 0 Å². The van der Waals surface area contributed by atoms with Crippen LogP contribution >= 0.6 is 0 Å². The number of carbonyl (C=O) groups is 1. The molecule has 0 spiro atoms. The number of carbonyl (C=O) groups excluding carboxylic acids is 1. The van der Waals surface area contributed by atoms with Gasteiger partial charge < -0.3 is 0 Å². The van der Waals surface area contributed by atoms with Crippen LogP contribution in [0.1, 0.15) is 111 Å². The summed E-state index contributed by atoms with van der Waals surface area (Å²) in [5.41, 5.74) is 0. The summed E-state index contributed by atoms with van der Waals surface area (Å²) in [6.07, 6.45) is 17.6. The van der Waals surface area contributed by atoms with Crippen LogP contribution in [0.2, 0.25) is 0 Å². The summed E-state index contributed by atoms with van der Waals surface area (Å²) in [5.74, 6) is -0.0157. The van der Waals surface area contributed by atoms with Crippen LogP contribution in [0.25, 0.3) is 0 Å². The minimum absolute atomic E-state index is 0.0157. The van der Waals surface area contributed by atoms with Crippen molar-refractivity contribution in [3.8, 4) is 0 Å². The number of amides is 1. The molecule has 0 aliphatic rings. The van der Waals surface area contributed by atoms with E-state index in [1.165, 1.54) is 70.6 Å². The summed E-state index contributed by atoms with van der Waals surface area (Å²) in [6.45, 7) is 6.96. The molecular formula is C20H42NO2+. The van der Waals surface area contributed by atoms with Gasteiger partial charge in [0.1, 0.15) is 13.1 Å². The number of hydrogen-bond acceptors (Lipinski definition) is 2. The zero-order valence-electron chi connectivity index (χ0n) is 16.1. The standard InChI is InChI=1S/C20H42NO2/c1-4-7-8-9-10-11-12-13-14-15-16-17-18-19-20(22)21(23,5-2)6-3/h23H,4-19H2,1-3H3/q+1. The normalized spacial score (nSPS) is 11.8. The molecule has 0 saturated carbocycles. The smallest absolute Gasteiger partial charge is 0.228 e. The zero-order valence-corrected chi connectivity index (χ0v) is 16.1. The molecule has 0 saturated heterocycles. The third kappa shape index (κ3) is 11.7. The van der Waals surface area contributed by atoms with Crippen molar-refractivity contribution in [2.45, 2.75) is 111 Å². The lowest BCUT2D eigenvalue weighted by Crippen LogP contribution is -2.49. The minimum Gasteiger partial charge on any atom is -0.228 e. The third-order valence-corrected chi connectivity index (χ3v) is 5.00. The van der Waals surface area contributed by atoms with Crippen molar-refractivity contribution in [3.63, 3.8) is 0 Å². The van der Waals surface area contributed by atoms with Crippen LogP contribution in [0.5, 0.6) is 0 Å². The van der Waals surface area contributed by atoms with Gasteiger partial charge in [-0.1, -0.05) is 84.0 Å². The lowest BCUT2D eigenvalue weighted by molar-refractivity contribution is -1.04. The molecule has 0 atom stereocenters. The molecule has 0 aliphatic carbocycles. The molecule has 138 valence electrons. The molecule has 0 unspecified atom stereocenters. The number of rotatable bonds is 16. The molecule has 0 aromatic rings. The first-order valence-corrected chi connectivity index (χ1v) is 10.2. The molecule has 0 aromatic heterocycles. The van der Waals surface area contributed by atoms with Crippen molar-refractivity contribution >= 4 is 5.91 Å². The molecule has 0 rings (SSSR count). The van der Waals surface area contributed by atoms with E-state index in [0.717, 1.165) is 12.8 Å². The van der Waals surface area contributed by atoms with Gasteiger partial charge in [0.15, 0.2) is 0 Å². The maximum absolute atomic E-state index is 12.0. The molecule has 0 aliphatic heterocycles. The molecule has 1 N–H and O–H groups in total. The molecule has 3 nitrogen and oxygen atoms in total. The molecule has 23 heavy (non-hydrogen) atoms. The highest BCUT2D eigenvalue weighted by Crippen LogP contribution is 2.14. The summed E-state index contributed by atoms with van der Waals surface area (Å²) in [6, 6.07) is 0. The predicted octanol–water partition coefficient (Wildman–Crippen LogP) is 6.24. The quantitative estimate of drug-likeness (QED) is 0.158. The molecule has 0 bridgehead atoms. The second-order valence-electron chi connectivity index (χ2n) is 6.94. The van der Waals surface area contributed by atoms with E-state index in [4.69, 9.17) is 0 Å². The summed E-state index contributed by atoms with van der Waals surface area (Å²) in [5, 5.41) is 10.1. The van der Waals surface area contributed by atoms with Gasteiger partial charge in [-0.05, 0) is 20.3 Å². The number of quaternary nitrogens is 1. The first-order valence-electron chi connectivity index (χ1n) is 10.2. The summed E-state index contributed by atoms with van der Waals surface area (Å²) >= 11 is 0. The lowest BCUT2D eigenvalue weighted by atomic mass is 10.0. The second kappa shape index (κ2) is 15.1. The fraction of sp³-hybridized carbons (Fsp3) is 0.950. The Hall–Kier alpha value is -0.410. The van der Waals surface area contributed by atoms with Gasteiger partial charge >= 0.3 is 5.91 Å². The summed E-state index contributed by atoms with van der Waals surface area (Å²) in [4.78, 5) is 12.0. The molecule has 0 heterocycles. The van der Waals surface area contributed by atoms with Crippen LogP contribution in [0.15, 0.2) is 0 Å². The predicted molar refractivity (Wildman–Crippen MR) is 98.4 cm³/mol. The van der Waals surface area contributed by atoms with Gasteiger partial charge in [-0.3, -0.25) is 0 Å². The van der Waals surface area contributed by atoms with Crippen LogP contribution in [-0.4, -0.2) is 28.9 Å². The first kappa shape index (κ1) is 22.6. The number of unbranched alkanes of at least 4 members (excludes halogenated alkanes) is 12. The molecule has 0 fully saturated rings. The average molecular weight is 329 g/mol. The zero-order chi connectivity index (χ0) is 17.4. The van der Waals surface area contributed by atoms with Crippen LogP contribution in [0.4, 0.5) is 0 Å². The highest BCUT2D eigenvalue weighted by atomic mass is 16.6. The van der Waals surface area contributed by atoms with Crippen LogP contribution in [0.3, 0.4) is 0 Å². The fourth-order valence-corrected chi connectivity index (χ4v) is 3.08. The minimum atomic E-state index is -0.391. The van der Waals surface area contributed by atoms with E-state index >= 15 is 0 Å². The van der Waals surface area contributed by atoms with E-state index in [2.05, 4.69) is 6.92 Å². The average Bonchev–Trinajstić information content (AvgIpc) is 2.58. The van der Waals surface area contributed by atoms with Gasteiger partial charge in [-0.15, -0.1) is 4.65 Å². The largest absolute Gasteiger partial charge is 0.345 e. The fourth-order valence-electron chi connectivity index (χ4n) is 3.08. The Kier molecular flexibility index (Phi) is 14.9. The Morgan fingerprint density at radius 2 is 1.00 bits per heavy atom. The molecule has 1 amide bonds. The summed E-state index contributed by atoms with van der Waals surface area (Å²) < 4.78 is -0.391. The van der Waals surface area contributed by atoms with Gasteiger partial charge in [0.25, 0.3) is 0 Å². The van der Waals surface area contributed by atoms with Gasteiger partial charge in [-0.25, -0.2) is 10.0 Å². The first-order chi connectivity index (χ1) is 11.1. The Labute approximate surface area is 145 Å². The van der Waals surface area contributed by atoms with E-state index in [0.29, 0.717) is 19.5 Å². The van der Waals surface area contributed by atoms with E-state index in [1.807, 2.05) is 13.8 Å². The Morgan fingerprint density at radius 1 is 0.652 bits per heavy atom. The SMILES string of the molecule is CCCCCCCCCCCCCCCC(=O)[N+](O)(CC)CC. The monoisotopic (exact) mass is 328 g/mol. The van der Waals surface area contributed by atoms with Gasteiger partial charge in [-0.2, -0.15) is 0 Å². The Balaban J connectivity index is 3.32. The summed E-state index contributed by atoms with van der Waals surface area (Å²) in [7, 11) is 0.